The van der Waals surface area contributed by atoms with Gasteiger partial charge in [0.15, 0.2) is 0 Å². The number of aromatic nitrogens is 1. The summed E-state index contributed by atoms with van der Waals surface area (Å²) < 4.78 is 0. The molecule has 0 fully saturated rings. The molecule has 2 amide bonds. The molecule has 6 heteroatoms. The number of fused-ring (bicyclic) bond motifs is 1. The molecular weight excluding hydrogens is 334 g/mol. The van der Waals surface area contributed by atoms with E-state index in [0.29, 0.717) is 6.54 Å². The third-order valence-corrected chi connectivity index (χ3v) is 5.73. The Hall–Kier alpha value is -2.21. The molecule has 1 aliphatic rings. The molecule has 1 atom stereocenters. The average molecular weight is 357 g/mol. The highest BCUT2D eigenvalue weighted by molar-refractivity contribution is 7.14. The van der Waals surface area contributed by atoms with Crippen molar-refractivity contribution >= 4 is 23.2 Å². The number of hydrogen-bond donors (Lipinski definition) is 1. The Labute approximate surface area is 152 Å². The number of amides is 2. The Balaban J connectivity index is 1.55. The molecule has 1 unspecified atom stereocenters. The van der Waals surface area contributed by atoms with Gasteiger partial charge in [-0.05, 0) is 48.9 Å². The quantitative estimate of drug-likeness (QED) is 0.893. The van der Waals surface area contributed by atoms with E-state index in [9.17, 15) is 9.59 Å². The number of pyridine rings is 1. The molecule has 5 nitrogen and oxygen atoms in total. The van der Waals surface area contributed by atoms with Crippen LogP contribution in [-0.4, -0.2) is 42.3 Å². The van der Waals surface area contributed by atoms with Gasteiger partial charge in [-0.2, -0.15) is 0 Å². The van der Waals surface area contributed by atoms with Crippen LogP contribution in [0, 0.1) is 5.92 Å². The molecule has 2 aromatic rings. The maximum atomic E-state index is 12.4. The Kier molecular flexibility index (Phi) is 5.48. The second-order valence-electron chi connectivity index (χ2n) is 6.60. The zero-order valence-electron chi connectivity index (χ0n) is 14.6. The van der Waals surface area contributed by atoms with Crippen molar-refractivity contribution in [2.75, 3.05) is 20.6 Å². The van der Waals surface area contributed by atoms with Crippen molar-refractivity contribution in [1.82, 2.24) is 15.2 Å². The van der Waals surface area contributed by atoms with Crippen LogP contribution >= 0.6 is 11.3 Å². The lowest BCUT2D eigenvalue weighted by atomic mass is 9.87. The molecule has 2 heterocycles. The number of hydrogen-bond acceptors (Lipinski definition) is 4. The van der Waals surface area contributed by atoms with Gasteiger partial charge in [-0.15, -0.1) is 11.3 Å². The normalized spacial score (nSPS) is 16.2. The Morgan fingerprint density at radius 1 is 1.40 bits per heavy atom. The summed E-state index contributed by atoms with van der Waals surface area (Å²) in [4.78, 5) is 32.3. The van der Waals surface area contributed by atoms with Crippen LogP contribution in [0.2, 0.25) is 0 Å². The second-order valence-corrected chi connectivity index (χ2v) is 7.74. The SMILES string of the molecule is CN(C)C(=O)c1cc2c(s1)CCC(C(=O)NCCc1cccnc1)C2. The standard InChI is InChI=1S/C19H23N3O2S/c1-22(2)19(24)17-11-15-10-14(5-6-16(15)25-17)18(23)21-9-7-13-4-3-8-20-12-13/h3-4,8,11-12,14H,5-7,9-10H2,1-2H3,(H,21,23). The van der Waals surface area contributed by atoms with Crippen LogP contribution in [0.15, 0.2) is 30.6 Å². The van der Waals surface area contributed by atoms with E-state index in [0.717, 1.165) is 41.7 Å². The molecule has 1 N–H and O–H groups in total. The molecule has 0 radical (unpaired) electrons. The summed E-state index contributed by atoms with van der Waals surface area (Å²) in [7, 11) is 3.53. The summed E-state index contributed by atoms with van der Waals surface area (Å²) in [5, 5.41) is 3.04. The maximum Gasteiger partial charge on any atom is 0.263 e. The van der Waals surface area contributed by atoms with Crippen molar-refractivity contribution in [3.63, 3.8) is 0 Å². The van der Waals surface area contributed by atoms with Gasteiger partial charge in [0.25, 0.3) is 5.91 Å². The van der Waals surface area contributed by atoms with E-state index in [4.69, 9.17) is 0 Å². The highest BCUT2D eigenvalue weighted by Gasteiger charge is 2.27. The van der Waals surface area contributed by atoms with Gasteiger partial charge in [0.2, 0.25) is 5.91 Å². The van der Waals surface area contributed by atoms with Gasteiger partial charge in [-0.1, -0.05) is 6.07 Å². The summed E-state index contributed by atoms with van der Waals surface area (Å²) in [6.45, 7) is 0.627. The number of rotatable bonds is 5. The second kappa shape index (κ2) is 7.78. The first kappa shape index (κ1) is 17.6. The van der Waals surface area contributed by atoms with Crippen molar-refractivity contribution in [3.05, 3.63) is 51.5 Å². The van der Waals surface area contributed by atoms with Gasteiger partial charge >= 0.3 is 0 Å². The number of carbonyl (C=O) groups excluding carboxylic acids is 2. The largest absolute Gasteiger partial charge is 0.356 e. The fraction of sp³-hybridized carbons (Fsp3) is 0.421. The molecule has 2 aromatic heterocycles. The number of aryl methyl sites for hydroxylation is 1. The van der Waals surface area contributed by atoms with Crippen LogP contribution < -0.4 is 5.32 Å². The van der Waals surface area contributed by atoms with Crippen LogP contribution in [0.4, 0.5) is 0 Å². The molecular formula is C19H23N3O2S. The highest BCUT2D eigenvalue weighted by atomic mass is 32.1. The van der Waals surface area contributed by atoms with Crippen molar-refractivity contribution in [2.24, 2.45) is 5.92 Å². The average Bonchev–Trinajstić information content (AvgIpc) is 3.04. The van der Waals surface area contributed by atoms with Crippen LogP contribution in [0.3, 0.4) is 0 Å². The molecule has 3 rings (SSSR count). The molecule has 0 bridgehead atoms. The van der Waals surface area contributed by atoms with Crippen LogP contribution in [0.1, 0.15) is 32.1 Å². The highest BCUT2D eigenvalue weighted by Crippen LogP contribution is 2.32. The first-order valence-corrected chi connectivity index (χ1v) is 9.36. The summed E-state index contributed by atoms with van der Waals surface area (Å²) in [5.74, 6) is 0.149. The van der Waals surface area contributed by atoms with Crippen molar-refractivity contribution in [2.45, 2.75) is 25.7 Å². The maximum absolute atomic E-state index is 12.4. The van der Waals surface area contributed by atoms with E-state index in [2.05, 4.69) is 10.3 Å². The summed E-state index contributed by atoms with van der Waals surface area (Å²) in [6, 6.07) is 5.89. The van der Waals surface area contributed by atoms with Crippen molar-refractivity contribution < 1.29 is 9.59 Å². The number of nitrogens with zero attached hydrogens (tertiary/aromatic N) is 2. The summed E-state index contributed by atoms with van der Waals surface area (Å²) in [6.07, 6.45) is 6.82. The molecule has 25 heavy (non-hydrogen) atoms. The number of carbonyl (C=O) groups is 2. The first-order valence-electron chi connectivity index (χ1n) is 8.54. The number of nitrogens with one attached hydrogen (secondary N) is 1. The van der Waals surface area contributed by atoms with Gasteiger partial charge in [0.05, 0.1) is 4.88 Å². The predicted octanol–water partition coefficient (Wildman–Crippen LogP) is 2.31. The topological polar surface area (TPSA) is 62.3 Å². The van der Waals surface area contributed by atoms with E-state index in [1.165, 1.54) is 4.88 Å². The molecule has 0 spiro atoms. The Morgan fingerprint density at radius 3 is 2.96 bits per heavy atom. The molecule has 0 aliphatic heterocycles. The van der Waals surface area contributed by atoms with Crippen molar-refractivity contribution in [3.8, 4) is 0 Å². The van der Waals surface area contributed by atoms with E-state index < -0.39 is 0 Å². The minimum absolute atomic E-state index is 0.00157. The third-order valence-electron chi connectivity index (χ3n) is 4.51. The lowest BCUT2D eigenvalue weighted by Gasteiger charge is -2.21. The van der Waals surface area contributed by atoms with Crippen molar-refractivity contribution in [1.29, 1.82) is 0 Å². The van der Waals surface area contributed by atoms with Gasteiger partial charge in [0, 0.05) is 43.8 Å². The van der Waals surface area contributed by atoms with Crippen LogP contribution in [-0.2, 0) is 24.1 Å². The van der Waals surface area contributed by atoms with E-state index >= 15 is 0 Å². The van der Waals surface area contributed by atoms with E-state index in [-0.39, 0.29) is 17.7 Å². The summed E-state index contributed by atoms with van der Waals surface area (Å²) in [5.41, 5.74) is 2.28. The fourth-order valence-electron chi connectivity index (χ4n) is 3.09. The lowest BCUT2D eigenvalue weighted by molar-refractivity contribution is -0.125. The first-order chi connectivity index (χ1) is 12.0. The Morgan fingerprint density at radius 2 is 2.24 bits per heavy atom. The minimum Gasteiger partial charge on any atom is -0.356 e. The molecule has 132 valence electrons. The predicted molar refractivity (Wildman–Crippen MR) is 98.8 cm³/mol. The van der Waals surface area contributed by atoms with Gasteiger partial charge in [0.1, 0.15) is 0 Å². The van der Waals surface area contributed by atoms with Gasteiger partial charge in [-0.25, -0.2) is 0 Å². The summed E-state index contributed by atoms with van der Waals surface area (Å²) >= 11 is 1.57. The lowest BCUT2D eigenvalue weighted by Crippen LogP contribution is -2.34. The third kappa shape index (κ3) is 4.25. The minimum atomic E-state index is -0.00157. The zero-order valence-corrected chi connectivity index (χ0v) is 15.4. The smallest absolute Gasteiger partial charge is 0.263 e. The van der Waals surface area contributed by atoms with Crippen LogP contribution in [0.5, 0.6) is 0 Å². The zero-order chi connectivity index (χ0) is 17.8. The molecule has 0 saturated carbocycles. The number of thiophene rings is 1. The van der Waals surface area contributed by atoms with Crippen LogP contribution in [0.25, 0.3) is 0 Å². The Bertz CT molecular complexity index is 755. The van der Waals surface area contributed by atoms with E-state index in [1.54, 1.807) is 36.5 Å². The molecule has 0 saturated heterocycles. The van der Waals surface area contributed by atoms with E-state index in [1.807, 2.05) is 24.4 Å². The van der Waals surface area contributed by atoms with Gasteiger partial charge in [-0.3, -0.25) is 14.6 Å². The molecule has 1 aliphatic carbocycles. The van der Waals surface area contributed by atoms with Gasteiger partial charge < -0.3 is 10.2 Å². The monoisotopic (exact) mass is 357 g/mol. The fourth-order valence-corrected chi connectivity index (χ4v) is 4.32. The molecule has 0 aromatic carbocycles.